The standard InChI is InChI=1S/C20H30N4O2.HI/c1-21-20(24-10-8-16(14-24)15-26-12-11-25-2)22-9-7-17-13-23-19-6-4-3-5-18(17)19;/h3-6,13,16,23H,7-12,14-15H2,1-2H3,(H,21,22);1H. The van der Waals surface area contributed by atoms with Crippen LogP contribution in [0.1, 0.15) is 12.0 Å². The van der Waals surface area contributed by atoms with E-state index in [4.69, 9.17) is 9.47 Å². The highest BCUT2D eigenvalue weighted by molar-refractivity contribution is 14.0. The molecule has 2 aromatic rings. The Hall–Kier alpha value is -1.32. The number of nitrogens with one attached hydrogen (secondary N) is 2. The Kier molecular flexibility index (Phi) is 9.36. The average Bonchev–Trinajstić information content (AvgIpc) is 3.30. The van der Waals surface area contributed by atoms with Gasteiger partial charge in [0.1, 0.15) is 0 Å². The van der Waals surface area contributed by atoms with Crippen molar-refractivity contribution in [2.75, 3.05) is 53.6 Å². The lowest BCUT2D eigenvalue weighted by atomic mass is 10.1. The highest BCUT2D eigenvalue weighted by atomic mass is 127. The number of hydrogen-bond acceptors (Lipinski definition) is 3. The Labute approximate surface area is 178 Å². The fourth-order valence-electron chi connectivity index (χ4n) is 3.53. The van der Waals surface area contributed by atoms with Crippen molar-refractivity contribution in [3.63, 3.8) is 0 Å². The summed E-state index contributed by atoms with van der Waals surface area (Å²) in [6.45, 7) is 5.04. The normalized spacial score (nSPS) is 17.3. The van der Waals surface area contributed by atoms with Crippen LogP contribution in [-0.2, 0) is 15.9 Å². The zero-order valence-electron chi connectivity index (χ0n) is 16.2. The highest BCUT2D eigenvalue weighted by Crippen LogP contribution is 2.18. The molecule has 150 valence electrons. The van der Waals surface area contributed by atoms with Crippen LogP contribution in [0.4, 0.5) is 0 Å². The average molecular weight is 486 g/mol. The maximum Gasteiger partial charge on any atom is 0.193 e. The van der Waals surface area contributed by atoms with Crippen LogP contribution in [0.3, 0.4) is 0 Å². The Morgan fingerprint density at radius 2 is 2.19 bits per heavy atom. The van der Waals surface area contributed by atoms with E-state index in [0.717, 1.165) is 45.0 Å². The predicted octanol–water partition coefficient (Wildman–Crippen LogP) is 2.89. The molecule has 1 aromatic carbocycles. The van der Waals surface area contributed by atoms with E-state index < -0.39 is 0 Å². The number of ether oxygens (including phenoxy) is 2. The Balaban J connectivity index is 0.00000261. The van der Waals surface area contributed by atoms with E-state index in [1.54, 1.807) is 7.11 Å². The number of para-hydroxylation sites is 1. The molecule has 1 atom stereocenters. The van der Waals surface area contributed by atoms with Crippen LogP contribution < -0.4 is 5.32 Å². The maximum absolute atomic E-state index is 5.68. The van der Waals surface area contributed by atoms with E-state index in [1.807, 2.05) is 7.05 Å². The second-order valence-corrected chi connectivity index (χ2v) is 6.75. The molecular weight excluding hydrogens is 455 g/mol. The largest absolute Gasteiger partial charge is 0.382 e. The molecule has 1 aromatic heterocycles. The molecule has 0 saturated carbocycles. The molecular formula is C20H31IN4O2. The molecule has 1 aliphatic rings. The van der Waals surface area contributed by atoms with Crippen LogP contribution in [0, 0.1) is 5.92 Å². The fraction of sp³-hybridized carbons (Fsp3) is 0.550. The number of aliphatic imine (C=N–C) groups is 1. The summed E-state index contributed by atoms with van der Waals surface area (Å²) in [5, 5.41) is 4.82. The fourth-order valence-corrected chi connectivity index (χ4v) is 3.53. The first kappa shape index (κ1) is 22.0. The molecule has 3 rings (SSSR count). The summed E-state index contributed by atoms with van der Waals surface area (Å²) < 4.78 is 10.7. The van der Waals surface area contributed by atoms with Gasteiger partial charge in [-0.2, -0.15) is 0 Å². The molecule has 6 nitrogen and oxygen atoms in total. The SMILES string of the molecule is CN=C(NCCc1c[nH]c2ccccc12)N1CCC(COCCOC)C1.I. The van der Waals surface area contributed by atoms with Crippen molar-refractivity contribution in [2.45, 2.75) is 12.8 Å². The smallest absolute Gasteiger partial charge is 0.193 e. The van der Waals surface area contributed by atoms with Crippen molar-refractivity contribution in [1.29, 1.82) is 0 Å². The number of benzene rings is 1. The zero-order valence-corrected chi connectivity index (χ0v) is 18.6. The summed E-state index contributed by atoms with van der Waals surface area (Å²) in [7, 11) is 3.56. The van der Waals surface area contributed by atoms with Gasteiger partial charge in [0, 0.05) is 56.8 Å². The van der Waals surface area contributed by atoms with Gasteiger partial charge < -0.3 is 24.7 Å². The van der Waals surface area contributed by atoms with Gasteiger partial charge >= 0.3 is 0 Å². The molecule has 7 heteroatoms. The van der Waals surface area contributed by atoms with Gasteiger partial charge in [-0.25, -0.2) is 0 Å². The first-order valence-electron chi connectivity index (χ1n) is 9.39. The molecule has 2 heterocycles. The number of aromatic amines is 1. The third-order valence-corrected chi connectivity index (χ3v) is 4.93. The lowest BCUT2D eigenvalue weighted by molar-refractivity contribution is 0.0536. The predicted molar refractivity (Wildman–Crippen MR) is 121 cm³/mol. The van der Waals surface area contributed by atoms with Crippen molar-refractivity contribution in [1.82, 2.24) is 15.2 Å². The van der Waals surface area contributed by atoms with Crippen LogP contribution in [-0.4, -0.2) is 69.5 Å². The second-order valence-electron chi connectivity index (χ2n) is 6.75. The van der Waals surface area contributed by atoms with Gasteiger partial charge in [-0.15, -0.1) is 24.0 Å². The van der Waals surface area contributed by atoms with Gasteiger partial charge in [0.2, 0.25) is 0 Å². The van der Waals surface area contributed by atoms with Gasteiger partial charge in [-0.1, -0.05) is 18.2 Å². The molecule has 0 aliphatic carbocycles. The van der Waals surface area contributed by atoms with E-state index in [-0.39, 0.29) is 24.0 Å². The van der Waals surface area contributed by atoms with E-state index in [0.29, 0.717) is 19.1 Å². The number of aromatic nitrogens is 1. The molecule has 0 amide bonds. The minimum atomic E-state index is 0. The quantitative estimate of drug-likeness (QED) is 0.261. The van der Waals surface area contributed by atoms with Gasteiger partial charge in [0.15, 0.2) is 5.96 Å². The van der Waals surface area contributed by atoms with Gasteiger partial charge in [0.25, 0.3) is 0 Å². The van der Waals surface area contributed by atoms with Crippen LogP contribution >= 0.6 is 24.0 Å². The van der Waals surface area contributed by atoms with Crippen LogP contribution in [0.25, 0.3) is 10.9 Å². The molecule has 27 heavy (non-hydrogen) atoms. The van der Waals surface area contributed by atoms with Crippen molar-refractivity contribution in [2.24, 2.45) is 10.9 Å². The van der Waals surface area contributed by atoms with Crippen molar-refractivity contribution >= 4 is 40.8 Å². The highest BCUT2D eigenvalue weighted by Gasteiger charge is 2.24. The molecule has 2 N–H and O–H groups in total. The maximum atomic E-state index is 5.68. The number of hydrogen-bond donors (Lipinski definition) is 2. The number of fused-ring (bicyclic) bond motifs is 1. The number of likely N-dealkylation sites (tertiary alicyclic amines) is 1. The van der Waals surface area contributed by atoms with E-state index in [2.05, 4.69) is 50.7 Å². The molecule has 1 saturated heterocycles. The third kappa shape index (κ3) is 6.08. The second kappa shape index (κ2) is 11.5. The molecule has 0 radical (unpaired) electrons. The topological polar surface area (TPSA) is 61.9 Å². The molecule has 1 aliphatic heterocycles. The first-order chi connectivity index (χ1) is 12.8. The van der Waals surface area contributed by atoms with Gasteiger partial charge in [-0.05, 0) is 24.5 Å². The number of methoxy groups -OCH3 is 1. The van der Waals surface area contributed by atoms with Crippen molar-refractivity contribution in [3.8, 4) is 0 Å². The summed E-state index contributed by atoms with van der Waals surface area (Å²) in [4.78, 5) is 10.1. The molecule has 1 fully saturated rings. The van der Waals surface area contributed by atoms with Crippen LogP contribution in [0.5, 0.6) is 0 Å². The number of nitrogens with zero attached hydrogens (tertiary/aromatic N) is 2. The Morgan fingerprint density at radius 3 is 3.00 bits per heavy atom. The Morgan fingerprint density at radius 1 is 1.33 bits per heavy atom. The van der Waals surface area contributed by atoms with Crippen LogP contribution in [0.2, 0.25) is 0 Å². The summed E-state index contributed by atoms with van der Waals surface area (Å²) in [5.74, 6) is 1.56. The number of halogens is 1. The lowest BCUT2D eigenvalue weighted by Crippen LogP contribution is -2.41. The minimum absolute atomic E-state index is 0. The van der Waals surface area contributed by atoms with E-state index >= 15 is 0 Å². The monoisotopic (exact) mass is 486 g/mol. The summed E-state index contributed by atoms with van der Waals surface area (Å²) in [6.07, 6.45) is 4.23. The molecule has 0 bridgehead atoms. The van der Waals surface area contributed by atoms with Crippen LogP contribution in [0.15, 0.2) is 35.5 Å². The Bertz CT molecular complexity index is 719. The van der Waals surface area contributed by atoms with E-state index in [1.165, 1.54) is 16.5 Å². The number of rotatable bonds is 8. The van der Waals surface area contributed by atoms with Gasteiger partial charge in [-0.3, -0.25) is 4.99 Å². The summed E-state index contributed by atoms with van der Waals surface area (Å²) >= 11 is 0. The van der Waals surface area contributed by atoms with Gasteiger partial charge in [0.05, 0.1) is 19.8 Å². The third-order valence-electron chi connectivity index (χ3n) is 4.93. The minimum Gasteiger partial charge on any atom is -0.382 e. The van der Waals surface area contributed by atoms with Crippen molar-refractivity contribution < 1.29 is 9.47 Å². The zero-order chi connectivity index (χ0) is 18.2. The summed E-state index contributed by atoms with van der Waals surface area (Å²) in [5.41, 5.74) is 2.54. The summed E-state index contributed by atoms with van der Waals surface area (Å²) in [6, 6.07) is 8.44. The molecule has 0 spiro atoms. The lowest BCUT2D eigenvalue weighted by Gasteiger charge is -2.21. The first-order valence-corrected chi connectivity index (χ1v) is 9.39. The molecule has 1 unspecified atom stereocenters. The van der Waals surface area contributed by atoms with Crippen molar-refractivity contribution in [3.05, 3.63) is 36.0 Å². The number of H-pyrrole nitrogens is 1. The van der Waals surface area contributed by atoms with E-state index in [9.17, 15) is 0 Å². The number of guanidine groups is 1.